The number of carbonyl (C=O) groups is 2. The molecule has 8 nitrogen and oxygen atoms in total. The van der Waals surface area contributed by atoms with Gasteiger partial charge in [-0.05, 0) is 6.42 Å². The molecule has 4 N–H and O–H groups in total. The summed E-state index contributed by atoms with van der Waals surface area (Å²) in [6, 6.07) is 0. The molecule has 2 aromatic rings. The molecule has 0 aromatic carbocycles. The van der Waals surface area contributed by atoms with Crippen LogP contribution < -0.4 is 5.32 Å². The zero-order valence-corrected chi connectivity index (χ0v) is 12.1. The van der Waals surface area contributed by atoms with E-state index in [0.717, 1.165) is 30.8 Å². The average Bonchev–Trinajstić information content (AvgIpc) is 3.10. The number of carboxylic acids is 1. The minimum atomic E-state index is -1.10. The van der Waals surface area contributed by atoms with Gasteiger partial charge in [-0.2, -0.15) is 5.10 Å². The Bertz CT molecular complexity index is 718. The monoisotopic (exact) mass is 303 g/mol. The number of nitrogens with one attached hydrogen (secondary N) is 3. The molecule has 2 aromatic heterocycles. The van der Waals surface area contributed by atoms with Gasteiger partial charge in [0.25, 0.3) is 0 Å². The maximum Gasteiger partial charge on any atom is 0.354 e. The number of carbonyl (C=O) groups excluding carboxylic acids is 1. The topological polar surface area (TPSA) is 124 Å². The average molecular weight is 303 g/mol. The molecule has 0 saturated carbocycles. The summed E-state index contributed by atoms with van der Waals surface area (Å²) in [6.45, 7) is 2.10. The number of aromatic amines is 2. The second-order valence-electron chi connectivity index (χ2n) is 5.36. The summed E-state index contributed by atoms with van der Waals surface area (Å²) in [5, 5.41) is 18.2. The molecule has 0 aliphatic carbocycles. The van der Waals surface area contributed by atoms with Crippen LogP contribution >= 0.6 is 0 Å². The van der Waals surface area contributed by atoms with E-state index in [1.807, 2.05) is 0 Å². The van der Waals surface area contributed by atoms with Crippen LogP contribution in [0.1, 0.15) is 59.7 Å². The van der Waals surface area contributed by atoms with E-state index in [0.29, 0.717) is 5.56 Å². The van der Waals surface area contributed by atoms with Gasteiger partial charge in [0, 0.05) is 36.2 Å². The molecule has 3 rings (SSSR count). The maximum absolute atomic E-state index is 11.8. The number of nitrogens with zero attached hydrogens (tertiary/aromatic N) is 2. The number of hydrogen-bond donors (Lipinski definition) is 4. The second kappa shape index (κ2) is 5.63. The highest BCUT2D eigenvalue weighted by Crippen LogP contribution is 2.37. The number of H-pyrrole nitrogens is 2. The number of rotatable bonds is 5. The first-order chi connectivity index (χ1) is 10.6. The summed E-state index contributed by atoms with van der Waals surface area (Å²) < 4.78 is 0. The molecule has 1 amide bonds. The van der Waals surface area contributed by atoms with Crippen LogP contribution in [0.2, 0.25) is 0 Å². The highest BCUT2D eigenvalue weighted by molar-refractivity contribution is 5.98. The highest BCUT2D eigenvalue weighted by atomic mass is 16.4. The van der Waals surface area contributed by atoms with Gasteiger partial charge in [-0.1, -0.05) is 13.3 Å². The molecule has 0 radical (unpaired) electrons. The first kappa shape index (κ1) is 14.3. The summed E-state index contributed by atoms with van der Waals surface area (Å²) in [5.41, 5.74) is 1.24. The number of anilines is 1. The van der Waals surface area contributed by atoms with Gasteiger partial charge in [0.05, 0.1) is 0 Å². The van der Waals surface area contributed by atoms with E-state index in [1.54, 1.807) is 6.20 Å². The molecule has 8 heteroatoms. The van der Waals surface area contributed by atoms with E-state index >= 15 is 0 Å². The van der Waals surface area contributed by atoms with Gasteiger partial charge in [0.15, 0.2) is 5.82 Å². The Kier molecular flexibility index (Phi) is 3.66. The Labute approximate surface area is 126 Å². The van der Waals surface area contributed by atoms with E-state index in [9.17, 15) is 14.7 Å². The zero-order valence-electron chi connectivity index (χ0n) is 12.1. The number of fused-ring (bicyclic) bond motifs is 1. The van der Waals surface area contributed by atoms with Gasteiger partial charge < -0.3 is 15.4 Å². The summed E-state index contributed by atoms with van der Waals surface area (Å²) in [4.78, 5) is 30.7. The Morgan fingerprint density at radius 3 is 3.05 bits per heavy atom. The largest absolute Gasteiger partial charge is 0.477 e. The van der Waals surface area contributed by atoms with Crippen molar-refractivity contribution in [3.8, 4) is 0 Å². The quantitative estimate of drug-likeness (QED) is 0.668. The highest BCUT2D eigenvalue weighted by Gasteiger charge is 2.34. The number of aromatic nitrogens is 4. The van der Waals surface area contributed by atoms with Crippen molar-refractivity contribution in [1.29, 1.82) is 0 Å². The molecule has 0 saturated heterocycles. The van der Waals surface area contributed by atoms with Gasteiger partial charge in [-0.15, -0.1) is 0 Å². The summed E-state index contributed by atoms with van der Waals surface area (Å²) >= 11 is 0. The van der Waals surface area contributed by atoms with Crippen LogP contribution in [-0.4, -0.2) is 37.1 Å². The fourth-order valence-electron chi connectivity index (χ4n) is 2.71. The molecule has 0 bridgehead atoms. The van der Waals surface area contributed by atoms with Gasteiger partial charge in [-0.25, -0.2) is 9.78 Å². The Balaban J connectivity index is 1.97. The van der Waals surface area contributed by atoms with Crippen LogP contribution in [0.4, 0.5) is 5.82 Å². The van der Waals surface area contributed by atoms with Gasteiger partial charge in [0.2, 0.25) is 5.91 Å². The molecule has 0 unspecified atom stereocenters. The maximum atomic E-state index is 11.8. The molecule has 22 heavy (non-hydrogen) atoms. The van der Waals surface area contributed by atoms with Crippen molar-refractivity contribution >= 4 is 17.7 Å². The molecule has 3 heterocycles. The van der Waals surface area contributed by atoms with Crippen molar-refractivity contribution in [3.63, 3.8) is 0 Å². The summed E-state index contributed by atoms with van der Waals surface area (Å²) in [6.07, 6.45) is 4.77. The lowest BCUT2D eigenvalue weighted by molar-refractivity contribution is -0.116. The van der Waals surface area contributed by atoms with Crippen LogP contribution in [0.5, 0.6) is 0 Å². The predicted octanol–water partition coefficient (Wildman–Crippen LogP) is 1.65. The van der Waals surface area contributed by atoms with E-state index in [4.69, 9.17) is 0 Å². The lowest BCUT2D eigenvalue weighted by Crippen LogP contribution is -2.24. The zero-order chi connectivity index (χ0) is 15.7. The van der Waals surface area contributed by atoms with Crippen molar-refractivity contribution in [3.05, 3.63) is 29.0 Å². The standard InChI is InChI=1S/C14H17N5O3/c1-2-3-4-9-15-6-8(16-9)7-5-10(20)17-13-11(7)12(14(21)22)18-19-13/h6-7H,2-5H2,1H3,(H,15,16)(H,21,22)(H2,17,18,19,20)/t7-/m0/s1. The van der Waals surface area contributed by atoms with E-state index in [1.165, 1.54) is 0 Å². The van der Waals surface area contributed by atoms with Crippen LogP contribution in [0, 0.1) is 0 Å². The predicted molar refractivity (Wildman–Crippen MR) is 77.8 cm³/mol. The Hall–Kier alpha value is -2.64. The number of unbranched alkanes of at least 4 members (excludes halogenated alkanes) is 1. The first-order valence-corrected chi connectivity index (χ1v) is 7.25. The van der Waals surface area contributed by atoms with E-state index < -0.39 is 5.97 Å². The molecular formula is C14H17N5O3. The lowest BCUT2D eigenvalue weighted by atomic mass is 9.89. The molecule has 1 aliphatic rings. The van der Waals surface area contributed by atoms with Gasteiger partial charge in [0.1, 0.15) is 11.5 Å². The molecule has 0 fully saturated rings. The van der Waals surface area contributed by atoms with Crippen LogP contribution in [0.15, 0.2) is 6.20 Å². The van der Waals surface area contributed by atoms with Crippen molar-refractivity contribution in [2.45, 2.75) is 38.5 Å². The third-order valence-electron chi connectivity index (χ3n) is 3.80. The minimum Gasteiger partial charge on any atom is -0.477 e. The van der Waals surface area contributed by atoms with Crippen molar-refractivity contribution in [2.24, 2.45) is 0 Å². The fraction of sp³-hybridized carbons (Fsp3) is 0.429. The molecular weight excluding hydrogens is 286 g/mol. The number of imidazole rings is 1. The Morgan fingerprint density at radius 1 is 1.50 bits per heavy atom. The number of aryl methyl sites for hydroxylation is 1. The van der Waals surface area contributed by atoms with Crippen LogP contribution in [0.25, 0.3) is 0 Å². The van der Waals surface area contributed by atoms with Crippen LogP contribution in [-0.2, 0) is 11.2 Å². The lowest BCUT2D eigenvalue weighted by Gasteiger charge is -2.21. The van der Waals surface area contributed by atoms with Crippen LogP contribution in [0.3, 0.4) is 0 Å². The number of aromatic carboxylic acids is 1. The number of amides is 1. The molecule has 0 spiro atoms. The normalized spacial score (nSPS) is 17.1. The van der Waals surface area contributed by atoms with Crippen molar-refractivity contribution < 1.29 is 14.7 Å². The fourth-order valence-corrected chi connectivity index (χ4v) is 2.71. The third kappa shape index (κ3) is 2.47. The molecule has 116 valence electrons. The Morgan fingerprint density at radius 2 is 2.32 bits per heavy atom. The van der Waals surface area contributed by atoms with Crippen molar-refractivity contribution in [2.75, 3.05) is 5.32 Å². The number of hydrogen-bond acceptors (Lipinski definition) is 4. The smallest absolute Gasteiger partial charge is 0.354 e. The van der Waals surface area contributed by atoms with E-state index in [-0.39, 0.29) is 29.8 Å². The SMILES string of the molecule is CCCCc1ncc([C@@H]2CC(=O)Nc3n[nH]c(C(=O)O)c32)[nH]1. The molecule has 1 aliphatic heterocycles. The second-order valence-corrected chi connectivity index (χ2v) is 5.36. The van der Waals surface area contributed by atoms with Gasteiger partial charge in [-0.3, -0.25) is 9.89 Å². The number of carboxylic acid groups (broad SMARTS) is 1. The third-order valence-corrected chi connectivity index (χ3v) is 3.80. The first-order valence-electron chi connectivity index (χ1n) is 7.25. The summed E-state index contributed by atoms with van der Waals surface area (Å²) in [5.74, 6) is -0.532. The minimum absolute atomic E-state index is 0.00436. The van der Waals surface area contributed by atoms with Crippen molar-refractivity contribution in [1.82, 2.24) is 20.2 Å². The molecule has 1 atom stereocenters. The van der Waals surface area contributed by atoms with Gasteiger partial charge >= 0.3 is 5.97 Å². The summed E-state index contributed by atoms with van der Waals surface area (Å²) in [7, 11) is 0. The van der Waals surface area contributed by atoms with E-state index in [2.05, 4.69) is 32.4 Å².